The second-order valence-corrected chi connectivity index (χ2v) is 9.06. The Morgan fingerprint density at radius 3 is 2.18 bits per heavy atom. The number of amides is 3. The Morgan fingerprint density at radius 1 is 0.842 bits per heavy atom. The molecule has 38 heavy (non-hydrogen) atoms. The van der Waals surface area contributed by atoms with Crippen molar-refractivity contribution in [1.29, 1.82) is 0 Å². The van der Waals surface area contributed by atoms with Crippen LogP contribution in [0.15, 0.2) is 66.7 Å². The molecule has 2 aromatic carbocycles. The van der Waals surface area contributed by atoms with E-state index in [1.807, 2.05) is 48.5 Å². The van der Waals surface area contributed by atoms with Gasteiger partial charge in [-0.2, -0.15) is 0 Å². The first-order valence-corrected chi connectivity index (χ1v) is 12.8. The van der Waals surface area contributed by atoms with E-state index in [9.17, 15) is 14.4 Å². The van der Waals surface area contributed by atoms with Crippen LogP contribution in [0.25, 0.3) is 11.4 Å². The summed E-state index contributed by atoms with van der Waals surface area (Å²) < 4.78 is 0. The minimum absolute atomic E-state index is 0.122. The maximum Gasteiger partial charge on any atom is 0.315 e. The van der Waals surface area contributed by atoms with Gasteiger partial charge < -0.3 is 20.9 Å². The summed E-state index contributed by atoms with van der Waals surface area (Å²) in [7, 11) is 0. The SMILES string of the molecule is CC(=O)NCCNc1cc(NC(=O)C(=O)N2CCN(CCc3ccccc3)CC2)nc(-c2ccccc2)n1. The van der Waals surface area contributed by atoms with Gasteiger partial charge in [-0.1, -0.05) is 60.7 Å². The van der Waals surface area contributed by atoms with Crippen LogP contribution in [0.2, 0.25) is 0 Å². The third-order valence-corrected chi connectivity index (χ3v) is 6.22. The normalized spacial score (nSPS) is 13.6. The van der Waals surface area contributed by atoms with Crippen molar-refractivity contribution < 1.29 is 14.4 Å². The third kappa shape index (κ3) is 7.84. The van der Waals surface area contributed by atoms with Gasteiger partial charge in [0.05, 0.1) is 0 Å². The second-order valence-electron chi connectivity index (χ2n) is 9.06. The number of benzene rings is 2. The zero-order valence-electron chi connectivity index (χ0n) is 21.5. The number of aromatic nitrogens is 2. The van der Waals surface area contributed by atoms with Crippen molar-refractivity contribution in [3.63, 3.8) is 0 Å². The molecule has 198 valence electrons. The number of carbonyl (C=O) groups is 3. The monoisotopic (exact) mass is 515 g/mol. The quantitative estimate of drug-likeness (QED) is 0.295. The van der Waals surface area contributed by atoms with Gasteiger partial charge in [-0.3, -0.25) is 19.3 Å². The van der Waals surface area contributed by atoms with E-state index in [2.05, 4.69) is 43.0 Å². The van der Waals surface area contributed by atoms with Crippen molar-refractivity contribution in [3.05, 3.63) is 72.3 Å². The maximum atomic E-state index is 12.9. The summed E-state index contributed by atoms with van der Waals surface area (Å²) in [6, 6.07) is 21.3. The second kappa shape index (κ2) is 13.3. The van der Waals surface area contributed by atoms with Gasteiger partial charge >= 0.3 is 11.8 Å². The third-order valence-electron chi connectivity index (χ3n) is 6.22. The van der Waals surface area contributed by atoms with Crippen molar-refractivity contribution in [2.45, 2.75) is 13.3 Å². The van der Waals surface area contributed by atoms with Crippen LogP contribution in [0.1, 0.15) is 12.5 Å². The number of piperazine rings is 1. The molecule has 0 radical (unpaired) electrons. The largest absolute Gasteiger partial charge is 0.368 e. The van der Waals surface area contributed by atoms with E-state index >= 15 is 0 Å². The first-order chi connectivity index (χ1) is 18.5. The molecule has 3 aromatic rings. The number of nitrogens with one attached hydrogen (secondary N) is 3. The molecule has 1 fully saturated rings. The van der Waals surface area contributed by atoms with E-state index in [1.165, 1.54) is 12.5 Å². The molecule has 1 saturated heterocycles. The molecule has 4 rings (SSSR count). The lowest BCUT2D eigenvalue weighted by Gasteiger charge is -2.34. The van der Waals surface area contributed by atoms with Gasteiger partial charge in [0.25, 0.3) is 0 Å². The van der Waals surface area contributed by atoms with Crippen molar-refractivity contribution in [2.24, 2.45) is 0 Å². The van der Waals surface area contributed by atoms with Gasteiger partial charge in [-0.05, 0) is 12.0 Å². The van der Waals surface area contributed by atoms with Gasteiger partial charge in [0.2, 0.25) is 5.91 Å². The molecule has 3 amide bonds. The molecule has 0 saturated carbocycles. The highest BCUT2D eigenvalue weighted by molar-refractivity contribution is 6.39. The number of carbonyl (C=O) groups excluding carboxylic acids is 3. The predicted octanol–water partition coefficient (Wildman–Crippen LogP) is 2.02. The standard InChI is InChI=1S/C28H33N7O3/c1-21(36)29-13-14-30-24-20-25(32-26(31-24)23-10-6-3-7-11-23)33-27(37)28(38)35-18-16-34(17-19-35)15-12-22-8-4-2-5-9-22/h2-11,20H,12-19H2,1H3,(H,29,36)(H2,30,31,32,33,37). The first-order valence-electron chi connectivity index (χ1n) is 12.8. The average Bonchev–Trinajstić information content (AvgIpc) is 2.95. The molecule has 1 aromatic heterocycles. The van der Waals surface area contributed by atoms with Crippen LogP contribution in [0.5, 0.6) is 0 Å². The molecule has 0 spiro atoms. The predicted molar refractivity (Wildman–Crippen MR) is 146 cm³/mol. The molecule has 1 aliphatic heterocycles. The molecule has 10 nitrogen and oxygen atoms in total. The van der Waals surface area contributed by atoms with E-state index in [4.69, 9.17) is 0 Å². The zero-order chi connectivity index (χ0) is 26.7. The summed E-state index contributed by atoms with van der Waals surface area (Å²) in [4.78, 5) is 49.8. The van der Waals surface area contributed by atoms with E-state index in [1.54, 1.807) is 11.0 Å². The molecule has 10 heteroatoms. The van der Waals surface area contributed by atoms with Gasteiger partial charge in [0, 0.05) is 64.4 Å². The molecule has 0 unspecified atom stereocenters. The lowest BCUT2D eigenvalue weighted by molar-refractivity contribution is -0.144. The Morgan fingerprint density at radius 2 is 1.50 bits per heavy atom. The summed E-state index contributed by atoms with van der Waals surface area (Å²) in [5, 5.41) is 8.49. The average molecular weight is 516 g/mol. The van der Waals surface area contributed by atoms with Crippen LogP contribution in [-0.2, 0) is 20.8 Å². The minimum atomic E-state index is -0.732. The summed E-state index contributed by atoms with van der Waals surface area (Å²) in [6.07, 6.45) is 0.952. The Bertz CT molecular complexity index is 1230. The van der Waals surface area contributed by atoms with E-state index in [0.29, 0.717) is 37.8 Å². The van der Waals surface area contributed by atoms with Crippen LogP contribution >= 0.6 is 0 Å². The fraction of sp³-hybridized carbons (Fsp3) is 0.321. The lowest BCUT2D eigenvalue weighted by Crippen LogP contribution is -2.51. The number of hydrogen-bond acceptors (Lipinski definition) is 7. The number of hydrogen-bond donors (Lipinski definition) is 3. The first kappa shape index (κ1) is 26.7. The van der Waals surface area contributed by atoms with Gasteiger partial charge in [0.15, 0.2) is 5.82 Å². The molecule has 0 aliphatic carbocycles. The summed E-state index contributed by atoms with van der Waals surface area (Å²) in [5.74, 6) is -0.329. The highest BCUT2D eigenvalue weighted by Gasteiger charge is 2.26. The van der Waals surface area contributed by atoms with E-state index < -0.39 is 11.8 Å². The maximum absolute atomic E-state index is 12.9. The minimum Gasteiger partial charge on any atom is -0.368 e. The van der Waals surface area contributed by atoms with Crippen molar-refractivity contribution >= 4 is 29.4 Å². The van der Waals surface area contributed by atoms with Crippen LogP contribution in [0.3, 0.4) is 0 Å². The van der Waals surface area contributed by atoms with E-state index in [0.717, 1.165) is 31.6 Å². The molecule has 0 bridgehead atoms. The Balaban J connectivity index is 1.35. The van der Waals surface area contributed by atoms with Crippen molar-refractivity contribution in [1.82, 2.24) is 25.1 Å². The molecular formula is C28H33N7O3. The molecule has 1 aliphatic rings. The molecule has 0 atom stereocenters. The molecular weight excluding hydrogens is 482 g/mol. The Labute approximate surface area is 222 Å². The van der Waals surface area contributed by atoms with Gasteiger partial charge in [-0.25, -0.2) is 9.97 Å². The summed E-state index contributed by atoms with van der Waals surface area (Å²) in [6.45, 7) is 5.65. The number of rotatable bonds is 9. The fourth-order valence-corrected chi connectivity index (χ4v) is 4.17. The summed E-state index contributed by atoms with van der Waals surface area (Å²) >= 11 is 0. The van der Waals surface area contributed by atoms with Crippen molar-refractivity contribution in [3.8, 4) is 11.4 Å². The zero-order valence-corrected chi connectivity index (χ0v) is 21.5. The lowest BCUT2D eigenvalue weighted by atomic mass is 10.1. The van der Waals surface area contributed by atoms with Gasteiger partial charge in [0.1, 0.15) is 11.6 Å². The Hall–Kier alpha value is -4.31. The fourth-order valence-electron chi connectivity index (χ4n) is 4.17. The van der Waals surface area contributed by atoms with Crippen LogP contribution < -0.4 is 16.0 Å². The van der Waals surface area contributed by atoms with Crippen LogP contribution in [0.4, 0.5) is 11.6 Å². The van der Waals surface area contributed by atoms with Crippen LogP contribution in [0, 0.1) is 0 Å². The van der Waals surface area contributed by atoms with Gasteiger partial charge in [-0.15, -0.1) is 0 Å². The highest BCUT2D eigenvalue weighted by atomic mass is 16.2. The van der Waals surface area contributed by atoms with Crippen molar-refractivity contribution in [2.75, 3.05) is 56.4 Å². The molecule has 3 N–H and O–H groups in total. The molecule has 2 heterocycles. The number of nitrogens with zero attached hydrogens (tertiary/aromatic N) is 4. The van der Waals surface area contributed by atoms with E-state index in [-0.39, 0.29) is 11.7 Å². The number of anilines is 2. The smallest absolute Gasteiger partial charge is 0.315 e. The summed E-state index contributed by atoms with van der Waals surface area (Å²) in [5.41, 5.74) is 2.06. The van der Waals surface area contributed by atoms with Crippen LogP contribution in [-0.4, -0.2) is 83.3 Å². The highest BCUT2D eigenvalue weighted by Crippen LogP contribution is 2.20. The topological polar surface area (TPSA) is 120 Å². The Kier molecular flexibility index (Phi) is 9.36.